The molecule has 3 N–H and O–H groups in total. The van der Waals surface area contributed by atoms with Crippen LogP contribution in [0.15, 0.2) is 54.9 Å². The van der Waals surface area contributed by atoms with Crippen LogP contribution < -0.4 is 5.73 Å². The first-order chi connectivity index (χ1) is 13.3. The number of nitrogen functional groups attached to an aromatic ring is 1. The molecule has 0 radical (unpaired) electrons. The van der Waals surface area contributed by atoms with Crippen LogP contribution in [-0.2, 0) is 19.4 Å². The minimum Gasteiger partial charge on any atom is -0.392 e. The summed E-state index contributed by atoms with van der Waals surface area (Å²) in [6.45, 7) is -0.0625. The number of benzene rings is 2. The molecular formula is C21H19N5O. The van der Waals surface area contributed by atoms with E-state index in [0.717, 1.165) is 40.7 Å². The average molecular weight is 357 g/mol. The molecule has 2 aromatic carbocycles. The largest absolute Gasteiger partial charge is 0.392 e. The molecule has 0 unspecified atom stereocenters. The molecule has 1 aliphatic rings. The second-order valence-electron chi connectivity index (χ2n) is 6.90. The van der Waals surface area contributed by atoms with E-state index in [0.29, 0.717) is 5.82 Å². The van der Waals surface area contributed by atoms with E-state index in [1.54, 1.807) is 0 Å². The van der Waals surface area contributed by atoms with Crippen LogP contribution in [0.1, 0.15) is 22.7 Å². The highest BCUT2D eigenvalue weighted by Gasteiger charge is 2.27. The molecule has 2 heterocycles. The number of fused-ring (bicyclic) bond motifs is 2. The number of anilines is 1. The maximum absolute atomic E-state index is 9.76. The Hall–Kier alpha value is -3.25. The van der Waals surface area contributed by atoms with E-state index in [4.69, 9.17) is 10.8 Å². The summed E-state index contributed by atoms with van der Waals surface area (Å²) in [5.74, 6) is 0.407. The molecule has 0 amide bonds. The third-order valence-corrected chi connectivity index (χ3v) is 5.34. The molecule has 0 saturated heterocycles. The Bertz CT molecular complexity index is 1130. The molecule has 0 spiro atoms. The van der Waals surface area contributed by atoms with Crippen molar-refractivity contribution in [2.24, 2.45) is 0 Å². The minimum atomic E-state index is -0.0625. The standard InChI is InChI=1S/C21H19N5O/c22-20-18-19(17-8-4-3-7-15(17)11-27)25-26(21(18)24-12-23-20)16-9-13-5-1-2-6-14(13)10-16/h1-8,12,16,27H,9-11H2,(H2,22,23,24). The molecule has 2 aromatic heterocycles. The number of hydrogen-bond acceptors (Lipinski definition) is 5. The molecule has 0 bridgehead atoms. The molecule has 6 nitrogen and oxygen atoms in total. The predicted octanol–water partition coefficient (Wildman–Crippen LogP) is 2.91. The van der Waals surface area contributed by atoms with Crippen LogP contribution >= 0.6 is 0 Å². The average Bonchev–Trinajstić information content (AvgIpc) is 3.30. The van der Waals surface area contributed by atoms with Crippen LogP contribution in [0.3, 0.4) is 0 Å². The Morgan fingerprint density at radius 3 is 2.44 bits per heavy atom. The van der Waals surface area contributed by atoms with E-state index in [9.17, 15) is 5.11 Å². The lowest BCUT2D eigenvalue weighted by molar-refractivity contribution is 0.282. The molecular weight excluding hydrogens is 338 g/mol. The molecule has 0 fully saturated rings. The maximum atomic E-state index is 9.76. The quantitative estimate of drug-likeness (QED) is 0.588. The fraction of sp³-hybridized carbons (Fsp3) is 0.190. The van der Waals surface area contributed by atoms with E-state index >= 15 is 0 Å². The summed E-state index contributed by atoms with van der Waals surface area (Å²) in [5, 5.41) is 15.4. The van der Waals surface area contributed by atoms with Gasteiger partial charge < -0.3 is 10.8 Å². The van der Waals surface area contributed by atoms with E-state index < -0.39 is 0 Å². The summed E-state index contributed by atoms with van der Waals surface area (Å²) < 4.78 is 1.98. The van der Waals surface area contributed by atoms with Crippen molar-refractivity contribution in [2.45, 2.75) is 25.5 Å². The summed E-state index contributed by atoms with van der Waals surface area (Å²) in [6, 6.07) is 16.4. The van der Waals surface area contributed by atoms with Crippen molar-refractivity contribution >= 4 is 16.9 Å². The van der Waals surface area contributed by atoms with Gasteiger partial charge in [-0.05, 0) is 29.5 Å². The number of nitrogens with two attached hydrogens (primary N) is 1. The van der Waals surface area contributed by atoms with Gasteiger partial charge in [0.2, 0.25) is 0 Å². The van der Waals surface area contributed by atoms with Crippen LogP contribution in [0.2, 0.25) is 0 Å². The Morgan fingerprint density at radius 1 is 1.00 bits per heavy atom. The molecule has 134 valence electrons. The lowest BCUT2D eigenvalue weighted by Crippen LogP contribution is -2.11. The van der Waals surface area contributed by atoms with Crippen molar-refractivity contribution in [1.29, 1.82) is 0 Å². The van der Waals surface area contributed by atoms with Gasteiger partial charge in [-0.1, -0.05) is 48.5 Å². The first kappa shape index (κ1) is 16.0. The lowest BCUT2D eigenvalue weighted by Gasteiger charge is -2.10. The van der Waals surface area contributed by atoms with Gasteiger partial charge in [-0.15, -0.1) is 0 Å². The zero-order valence-electron chi connectivity index (χ0n) is 14.7. The highest BCUT2D eigenvalue weighted by molar-refractivity contribution is 5.98. The van der Waals surface area contributed by atoms with Crippen molar-refractivity contribution in [1.82, 2.24) is 19.7 Å². The molecule has 0 aliphatic heterocycles. The minimum absolute atomic E-state index is 0.0625. The van der Waals surface area contributed by atoms with Gasteiger partial charge in [0.25, 0.3) is 0 Å². The maximum Gasteiger partial charge on any atom is 0.164 e. The SMILES string of the molecule is Nc1ncnc2c1c(-c1ccccc1CO)nn2C1Cc2ccccc2C1. The molecule has 0 saturated carbocycles. The first-order valence-corrected chi connectivity index (χ1v) is 9.01. The van der Waals surface area contributed by atoms with Crippen LogP contribution in [0.5, 0.6) is 0 Å². The van der Waals surface area contributed by atoms with Crippen LogP contribution in [0.4, 0.5) is 5.82 Å². The molecule has 27 heavy (non-hydrogen) atoms. The van der Waals surface area contributed by atoms with E-state index in [1.165, 1.54) is 17.5 Å². The van der Waals surface area contributed by atoms with Crippen molar-refractivity contribution in [3.8, 4) is 11.3 Å². The van der Waals surface area contributed by atoms with E-state index in [1.807, 2.05) is 28.9 Å². The van der Waals surface area contributed by atoms with Crippen molar-refractivity contribution in [3.05, 3.63) is 71.5 Å². The van der Waals surface area contributed by atoms with Gasteiger partial charge in [-0.2, -0.15) is 5.10 Å². The summed E-state index contributed by atoms with van der Waals surface area (Å²) in [7, 11) is 0. The first-order valence-electron chi connectivity index (χ1n) is 9.01. The number of rotatable bonds is 3. The Morgan fingerprint density at radius 2 is 1.70 bits per heavy atom. The van der Waals surface area contributed by atoms with Gasteiger partial charge in [-0.3, -0.25) is 0 Å². The molecule has 5 rings (SSSR count). The second-order valence-corrected chi connectivity index (χ2v) is 6.90. The fourth-order valence-electron chi connectivity index (χ4n) is 4.04. The Labute approximate surface area is 156 Å². The van der Waals surface area contributed by atoms with Gasteiger partial charge in [0.1, 0.15) is 17.8 Å². The van der Waals surface area contributed by atoms with Gasteiger partial charge in [0.15, 0.2) is 5.65 Å². The predicted molar refractivity (Wildman–Crippen MR) is 104 cm³/mol. The molecule has 6 heteroatoms. The second kappa shape index (κ2) is 6.17. The molecule has 1 aliphatic carbocycles. The third-order valence-electron chi connectivity index (χ3n) is 5.34. The fourth-order valence-corrected chi connectivity index (χ4v) is 4.04. The highest BCUT2D eigenvalue weighted by Crippen LogP contribution is 2.37. The normalized spacial score (nSPS) is 14.0. The Kier molecular flexibility index (Phi) is 3.65. The summed E-state index contributed by atoms with van der Waals surface area (Å²) in [5.41, 5.74) is 12.1. The third kappa shape index (κ3) is 2.49. The number of aromatic nitrogens is 4. The smallest absolute Gasteiger partial charge is 0.164 e. The highest BCUT2D eigenvalue weighted by atomic mass is 16.3. The summed E-state index contributed by atoms with van der Waals surface area (Å²) in [6.07, 6.45) is 3.32. The number of nitrogens with zero attached hydrogens (tertiary/aromatic N) is 4. The summed E-state index contributed by atoms with van der Waals surface area (Å²) >= 11 is 0. The van der Waals surface area contributed by atoms with E-state index in [2.05, 4.69) is 34.2 Å². The van der Waals surface area contributed by atoms with Crippen LogP contribution in [-0.4, -0.2) is 24.9 Å². The van der Waals surface area contributed by atoms with Crippen molar-refractivity contribution in [3.63, 3.8) is 0 Å². The zero-order chi connectivity index (χ0) is 18.4. The van der Waals surface area contributed by atoms with Crippen LogP contribution in [0.25, 0.3) is 22.3 Å². The Balaban J connectivity index is 1.71. The number of hydrogen-bond donors (Lipinski definition) is 2. The topological polar surface area (TPSA) is 89.8 Å². The van der Waals surface area contributed by atoms with Crippen molar-refractivity contribution in [2.75, 3.05) is 5.73 Å². The number of aliphatic hydroxyl groups excluding tert-OH is 1. The monoisotopic (exact) mass is 357 g/mol. The van der Waals surface area contributed by atoms with Gasteiger partial charge in [0.05, 0.1) is 18.0 Å². The van der Waals surface area contributed by atoms with Gasteiger partial charge >= 0.3 is 0 Å². The zero-order valence-corrected chi connectivity index (χ0v) is 14.7. The van der Waals surface area contributed by atoms with E-state index in [-0.39, 0.29) is 12.6 Å². The van der Waals surface area contributed by atoms with Gasteiger partial charge in [-0.25, -0.2) is 14.6 Å². The van der Waals surface area contributed by atoms with Crippen molar-refractivity contribution < 1.29 is 5.11 Å². The molecule has 4 aromatic rings. The molecule has 0 atom stereocenters. The van der Waals surface area contributed by atoms with Gasteiger partial charge in [0, 0.05) is 5.56 Å². The summed E-state index contributed by atoms with van der Waals surface area (Å²) in [4.78, 5) is 8.68. The van der Waals surface area contributed by atoms with Crippen LogP contribution in [0, 0.1) is 0 Å². The lowest BCUT2D eigenvalue weighted by atomic mass is 10.0. The number of aliphatic hydroxyl groups is 1.